The number of carbonyl (C=O) groups is 1. The van der Waals surface area contributed by atoms with Crippen molar-refractivity contribution in [1.29, 1.82) is 0 Å². The number of ketones is 1. The fraction of sp³-hybridized carbons (Fsp3) is 0.462. The molecule has 0 aliphatic heterocycles. The maximum absolute atomic E-state index is 11.5. The Morgan fingerprint density at radius 1 is 1.33 bits per heavy atom. The molecule has 0 radical (unpaired) electrons. The summed E-state index contributed by atoms with van der Waals surface area (Å²) < 4.78 is 0. The van der Waals surface area contributed by atoms with Gasteiger partial charge in [0.15, 0.2) is 5.78 Å². The van der Waals surface area contributed by atoms with Crippen molar-refractivity contribution in [3.8, 4) is 0 Å². The highest BCUT2D eigenvalue weighted by atomic mass is 35.5. The Morgan fingerprint density at radius 3 is 2.40 bits per heavy atom. The lowest BCUT2D eigenvalue weighted by molar-refractivity contribution is 0.0989. The first-order chi connectivity index (χ1) is 7.19. The average Bonchev–Trinajstić information content (AvgIpc) is 2.28. The lowest BCUT2D eigenvalue weighted by Gasteiger charge is -2.09. The number of halogens is 1. The highest BCUT2D eigenvalue weighted by Gasteiger charge is 2.06. The van der Waals surface area contributed by atoms with Crippen LogP contribution in [0.25, 0.3) is 0 Å². The predicted molar refractivity (Wildman–Crippen MR) is 64.8 cm³/mol. The van der Waals surface area contributed by atoms with E-state index in [1.807, 2.05) is 24.3 Å². The van der Waals surface area contributed by atoms with Crippen LogP contribution in [0.5, 0.6) is 0 Å². The molecule has 1 unspecified atom stereocenters. The number of alkyl halides is 1. The van der Waals surface area contributed by atoms with E-state index in [1.165, 1.54) is 5.56 Å². The number of rotatable bonds is 5. The summed E-state index contributed by atoms with van der Waals surface area (Å²) in [7, 11) is 0. The van der Waals surface area contributed by atoms with Crippen LogP contribution >= 0.6 is 11.6 Å². The van der Waals surface area contributed by atoms with E-state index < -0.39 is 0 Å². The van der Waals surface area contributed by atoms with E-state index >= 15 is 0 Å². The van der Waals surface area contributed by atoms with Gasteiger partial charge in [-0.3, -0.25) is 4.79 Å². The average molecular weight is 225 g/mol. The number of Topliss-reactive ketones (excluding diaryl/α,β-unsaturated/α-hetero) is 1. The largest absolute Gasteiger partial charge is 0.294 e. The number of benzene rings is 1. The van der Waals surface area contributed by atoms with Crippen LogP contribution in [0.3, 0.4) is 0 Å². The van der Waals surface area contributed by atoms with Crippen LogP contribution in [0.4, 0.5) is 0 Å². The first-order valence-corrected chi connectivity index (χ1v) is 5.91. The van der Waals surface area contributed by atoms with E-state index in [2.05, 4.69) is 13.8 Å². The van der Waals surface area contributed by atoms with Gasteiger partial charge in [-0.1, -0.05) is 38.1 Å². The van der Waals surface area contributed by atoms with E-state index in [-0.39, 0.29) is 5.78 Å². The minimum absolute atomic E-state index is 0.126. The molecule has 0 aliphatic rings. The number of carbonyl (C=O) groups excluding carboxylic acids is 1. The second-order valence-electron chi connectivity index (χ2n) is 3.79. The fourth-order valence-electron chi connectivity index (χ4n) is 1.46. The quantitative estimate of drug-likeness (QED) is 0.546. The predicted octanol–water partition coefficient (Wildman–Crippen LogP) is 4.01. The third-order valence-corrected chi connectivity index (χ3v) is 2.92. The molecule has 1 rings (SSSR count). The van der Waals surface area contributed by atoms with Gasteiger partial charge >= 0.3 is 0 Å². The molecular weight excluding hydrogens is 208 g/mol. The summed E-state index contributed by atoms with van der Waals surface area (Å²) in [5.74, 6) is 1.08. The van der Waals surface area contributed by atoms with Gasteiger partial charge in [0.2, 0.25) is 0 Å². The van der Waals surface area contributed by atoms with Crippen molar-refractivity contribution in [2.45, 2.75) is 32.6 Å². The standard InChI is InChI=1S/C13H17ClO/c1-3-10(2)11-4-6-12(7-5-11)13(15)8-9-14/h4-7,10H,3,8-9H2,1-2H3. The third kappa shape index (κ3) is 3.35. The van der Waals surface area contributed by atoms with E-state index in [0.717, 1.165) is 12.0 Å². The van der Waals surface area contributed by atoms with Crippen LogP contribution in [-0.2, 0) is 0 Å². The molecule has 0 bridgehead atoms. The van der Waals surface area contributed by atoms with Crippen molar-refractivity contribution in [3.63, 3.8) is 0 Å². The van der Waals surface area contributed by atoms with E-state index in [4.69, 9.17) is 11.6 Å². The molecule has 15 heavy (non-hydrogen) atoms. The van der Waals surface area contributed by atoms with Crippen molar-refractivity contribution in [3.05, 3.63) is 35.4 Å². The van der Waals surface area contributed by atoms with Gasteiger partial charge in [-0.2, -0.15) is 0 Å². The molecule has 0 saturated carbocycles. The maximum atomic E-state index is 11.5. The van der Waals surface area contributed by atoms with Crippen LogP contribution in [0.1, 0.15) is 48.5 Å². The maximum Gasteiger partial charge on any atom is 0.164 e. The summed E-state index contributed by atoms with van der Waals surface area (Å²) in [5.41, 5.74) is 2.06. The van der Waals surface area contributed by atoms with E-state index in [1.54, 1.807) is 0 Å². The molecule has 0 amide bonds. The Balaban J connectivity index is 2.76. The van der Waals surface area contributed by atoms with Crippen LogP contribution in [-0.4, -0.2) is 11.7 Å². The summed E-state index contributed by atoms with van der Waals surface area (Å²) in [6.45, 7) is 4.35. The van der Waals surface area contributed by atoms with Crippen molar-refractivity contribution >= 4 is 17.4 Å². The van der Waals surface area contributed by atoms with Gasteiger partial charge in [0.1, 0.15) is 0 Å². The summed E-state index contributed by atoms with van der Waals surface area (Å²) >= 11 is 5.53. The van der Waals surface area contributed by atoms with E-state index in [9.17, 15) is 4.79 Å². The molecular formula is C13H17ClO. The molecule has 1 atom stereocenters. The SMILES string of the molecule is CCC(C)c1ccc(C(=O)CCCl)cc1. The minimum atomic E-state index is 0.126. The normalized spacial score (nSPS) is 12.5. The molecule has 0 aliphatic carbocycles. The van der Waals surface area contributed by atoms with Gasteiger partial charge in [0.25, 0.3) is 0 Å². The van der Waals surface area contributed by atoms with Gasteiger partial charge in [-0.15, -0.1) is 11.6 Å². The number of hydrogen-bond donors (Lipinski definition) is 0. The lowest BCUT2D eigenvalue weighted by atomic mass is 9.96. The molecule has 0 heterocycles. The Hall–Kier alpha value is -0.820. The van der Waals surface area contributed by atoms with Crippen molar-refractivity contribution in [2.75, 3.05) is 5.88 Å². The Labute approximate surface area is 96.5 Å². The highest BCUT2D eigenvalue weighted by Crippen LogP contribution is 2.19. The summed E-state index contributed by atoms with van der Waals surface area (Å²) in [5, 5.41) is 0. The van der Waals surface area contributed by atoms with Gasteiger partial charge in [0, 0.05) is 17.9 Å². The van der Waals surface area contributed by atoms with Crippen LogP contribution in [0.15, 0.2) is 24.3 Å². The second-order valence-corrected chi connectivity index (χ2v) is 4.17. The van der Waals surface area contributed by atoms with Gasteiger partial charge in [-0.05, 0) is 17.9 Å². The van der Waals surface area contributed by atoms with Gasteiger partial charge < -0.3 is 0 Å². The molecule has 1 nitrogen and oxygen atoms in total. The first kappa shape index (κ1) is 12.3. The molecule has 1 aromatic carbocycles. The van der Waals surface area contributed by atoms with Crippen LogP contribution in [0.2, 0.25) is 0 Å². The third-order valence-electron chi connectivity index (χ3n) is 2.74. The molecule has 0 fully saturated rings. The number of hydrogen-bond acceptors (Lipinski definition) is 1. The molecule has 0 N–H and O–H groups in total. The van der Waals surface area contributed by atoms with Gasteiger partial charge in [0.05, 0.1) is 0 Å². The van der Waals surface area contributed by atoms with Crippen molar-refractivity contribution in [2.24, 2.45) is 0 Å². The molecule has 0 aromatic heterocycles. The Kier molecular flexibility index (Phi) is 4.83. The summed E-state index contributed by atoms with van der Waals surface area (Å²) in [6, 6.07) is 7.87. The highest BCUT2D eigenvalue weighted by molar-refractivity contribution is 6.19. The van der Waals surface area contributed by atoms with E-state index in [0.29, 0.717) is 18.2 Å². The monoisotopic (exact) mass is 224 g/mol. The topological polar surface area (TPSA) is 17.1 Å². The molecule has 1 aromatic rings. The summed E-state index contributed by atoms with van der Waals surface area (Å²) in [6.07, 6.45) is 1.54. The van der Waals surface area contributed by atoms with Crippen LogP contribution < -0.4 is 0 Å². The molecule has 0 saturated heterocycles. The van der Waals surface area contributed by atoms with Crippen molar-refractivity contribution in [1.82, 2.24) is 0 Å². The lowest BCUT2D eigenvalue weighted by Crippen LogP contribution is -2.00. The Bertz CT molecular complexity index is 316. The second kappa shape index (κ2) is 5.92. The fourth-order valence-corrected chi connectivity index (χ4v) is 1.64. The van der Waals surface area contributed by atoms with Crippen LogP contribution in [0, 0.1) is 0 Å². The summed E-state index contributed by atoms with van der Waals surface area (Å²) in [4.78, 5) is 11.5. The zero-order valence-corrected chi connectivity index (χ0v) is 10.1. The first-order valence-electron chi connectivity index (χ1n) is 5.38. The smallest absolute Gasteiger partial charge is 0.164 e. The zero-order valence-electron chi connectivity index (χ0n) is 9.29. The zero-order chi connectivity index (χ0) is 11.3. The van der Waals surface area contributed by atoms with Gasteiger partial charge in [-0.25, -0.2) is 0 Å². The minimum Gasteiger partial charge on any atom is -0.294 e. The van der Waals surface area contributed by atoms with Crippen molar-refractivity contribution < 1.29 is 4.79 Å². The Morgan fingerprint density at radius 2 is 1.93 bits per heavy atom. The molecule has 82 valence electrons. The molecule has 2 heteroatoms. The molecule has 0 spiro atoms.